The van der Waals surface area contributed by atoms with Crippen molar-refractivity contribution in [1.29, 1.82) is 0 Å². The minimum absolute atomic E-state index is 0.0530. The molecule has 0 aliphatic rings. The molecule has 0 saturated heterocycles. The number of aliphatic hydroxyl groups excluding tert-OH is 2. The van der Waals surface area contributed by atoms with Crippen LogP contribution in [0.25, 0.3) is 0 Å². The van der Waals surface area contributed by atoms with Crippen LogP contribution in [0, 0.1) is 0 Å². The second-order valence-electron chi connectivity index (χ2n) is 9.20. The third-order valence-electron chi connectivity index (χ3n) is 5.28. The number of rotatable bonds is 7. The van der Waals surface area contributed by atoms with Crippen LogP contribution in [0.3, 0.4) is 0 Å². The van der Waals surface area contributed by atoms with Crippen molar-refractivity contribution in [3.8, 4) is 0 Å². The lowest BCUT2D eigenvalue weighted by molar-refractivity contribution is -0.0249. The van der Waals surface area contributed by atoms with Gasteiger partial charge in [0.25, 0.3) is 0 Å². The number of hydrogen-bond acceptors (Lipinski definition) is 4. The Kier molecular flexibility index (Phi) is 7.54. The molecule has 0 fully saturated rings. The van der Waals surface area contributed by atoms with E-state index < -0.39 is 28.8 Å². The molecule has 22 heavy (non-hydrogen) atoms. The van der Waals surface area contributed by atoms with Gasteiger partial charge < -0.3 is 19.1 Å². The van der Waals surface area contributed by atoms with Crippen molar-refractivity contribution in [2.75, 3.05) is 13.2 Å². The number of aliphatic hydroxyl groups is 2. The Bertz CT molecular complexity index is 309. The second-order valence-corrected chi connectivity index (χ2v) is 18.7. The van der Waals surface area contributed by atoms with E-state index in [1.54, 1.807) is 0 Å². The topological polar surface area (TPSA) is 58.9 Å². The highest BCUT2D eigenvalue weighted by molar-refractivity contribution is 6.74. The summed E-state index contributed by atoms with van der Waals surface area (Å²) in [5, 5.41) is 19.7. The molecule has 2 N–H and O–H groups in total. The Morgan fingerprint density at radius 1 is 0.682 bits per heavy atom. The first-order chi connectivity index (χ1) is 9.59. The van der Waals surface area contributed by atoms with E-state index >= 15 is 0 Å². The van der Waals surface area contributed by atoms with Gasteiger partial charge in [-0.3, -0.25) is 0 Å². The largest absolute Gasteiger partial charge is 0.409 e. The zero-order chi connectivity index (χ0) is 18.0. The first-order valence-corrected chi connectivity index (χ1v) is 14.0. The van der Waals surface area contributed by atoms with Crippen LogP contribution < -0.4 is 0 Å². The van der Waals surface area contributed by atoms with Crippen molar-refractivity contribution in [2.24, 2.45) is 0 Å². The molecule has 134 valence electrons. The molecule has 0 radical (unpaired) electrons. The van der Waals surface area contributed by atoms with Crippen LogP contribution in [0.15, 0.2) is 0 Å². The van der Waals surface area contributed by atoms with Crippen molar-refractivity contribution >= 4 is 16.6 Å². The molecule has 0 aromatic rings. The molecular formula is C16H38O4Si2. The van der Waals surface area contributed by atoms with Crippen LogP contribution in [0.4, 0.5) is 0 Å². The van der Waals surface area contributed by atoms with Gasteiger partial charge in [-0.2, -0.15) is 0 Å². The highest BCUT2D eigenvalue weighted by atomic mass is 28.4. The lowest BCUT2D eigenvalue weighted by atomic mass is 10.2. The van der Waals surface area contributed by atoms with Crippen molar-refractivity contribution < 1.29 is 19.1 Å². The van der Waals surface area contributed by atoms with Gasteiger partial charge in [-0.1, -0.05) is 41.5 Å². The van der Waals surface area contributed by atoms with Gasteiger partial charge in [-0.25, -0.2) is 0 Å². The SMILES string of the molecule is CC(C)(C)[Si](C)(C)O[C@H](CO)[C@@H](CO)O[Si](C)(C)C(C)(C)C. The maximum atomic E-state index is 9.78. The average molecular weight is 351 g/mol. The molecule has 0 unspecified atom stereocenters. The van der Waals surface area contributed by atoms with Gasteiger partial charge in [-0.15, -0.1) is 0 Å². The molecule has 0 aromatic carbocycles. The molecule has 0 amide bonds. The first kappa shape index (κ1) is 22.3. The quantitative estimate of drug-likeness (QED) is 0.687. The van der Waals surface area contributed by atoms with E-state index in [0.717, 1.165) is 0 Å². The molecule has 0 aromatic heterocycles. The third-order valence-corrected chi connectivity index (χ3v) is 14.3. The highest BCUT2D eigenvalue weighted by Gasteiger charge is 2.44. The Labute approximate surface area is 139 Å². The highest BCUT2D eigenvalue weighted by Crippen LogP contribution is 2.40. The summed E-state index contributed by atoms with van der Waals surface area (Å²) in [6, 6.07) is 0. The zero-order valence-corrected chi connectivity index (χ0v) is 18.3. The van der Waals surface area contributed by atoms with Gasteiger partial charge in [0.2, 0.25) is 0 Å². The van der Waals surface area contributed by atoms with Crippen LogP contribution in [0.2, 0.25) is 36.3 Å². The molecule has 2 atom stereocenters. The summed E-state index contributed by atoms with van der Waals surface area (Å²) in [6.45, 7) is 21.3. The van der Waals surface area contributed by atoms with E-state index in [0.29, 0.717) is 0 Å². The van der Waals surface area contributed by atoms with E-state index in [1.165, 1.54) is 0 Å². The summed E-state index contributed by atoms with van der Waals surface area (Å²) < 4.78 is 12.6. The second kappa shape index (κ2) is 7.44. The molecule has 0 bridgehead atoms. The van der Waals surface area contributed by atoms with Crippen LogP contribution in [-0.2, 0) is 8.85 Å². The molecule has 0 aliphatic carbocycles. The lowest BCUT2D eigenvalue weighted by Crippen LogP contribution is -2.54. The molecule has 6 heteroatoms. The fourth-order valence-corrected chi connectivity index (χ4v) is 4.25. The van der Waals surface area contributed by atoms with Crippen LogP contribution in [0.1, 0.15) is 41.5 Å². The lowest BCUT2D eigenvalue weighted by Gasteiger charge is -2.44. The van der Waals surface area contributed by atoms with E-state index in [9.17, 15) is 10.2 Å². The predicted octanol–water partition coefficient (Wildman–Crippen LogP) is 3.75. The molecule has 4 nitrogen and oxygen atoms in total. The standard InChI is InChI=1S/C16H38O4Si2/c1-15(2,3)21(7,8)19-13(11-17)14(12-18)20-22(9,10)16(4,5)6/h13-14,17-18H,11-12H2,1-10H3/t13-,14-/m1/s1. The Morgan fingerprint density at radius 3 is 1.05 bits per heavy atom. The van der Waals surface area contributed by atoms with Crippen molar-refractivity contribution in [3.63, 3.8) is 0 Å². The van der Waals surface area contributed by atoms with Crippen molar-refractivity contribution in [2.45, 2.75) is 90.0 Å². The Morgan fingerprint density at radius 2 is 0.909 bits per heavy atom. The molecule has 0 spiro atoms. The van der Waals surface area contributed by atoms with Gasteiger partial charge in [-0.05, 0) is 36.3 Å². The average Bonchev–Trinajstić information content (AvgIpc) is 2.30. The Balaban J connectivity index is 5.20. The summed E-state index contributed by atoms with van der Waals surface area (Å²) in [7, 11) is -4.05. The smallest absolute Gasteiger partial charge is 0.192 e. The van der Waals surface area contributed by atoms with E-state index in [2.05, 4.69) is 67.7 Å². The van der Waals surface area contributed by atoms with Crippen molar-refractivity contribution in [3.05, 3.63) is 0 Å². The van der Waals surface area contributed by atoms with Gasteiger partial charge >= 0.3 is 0 Å². The summed E-state index contributed by atoms with van der Waals surface area (Å²) in [6.07, 6.45) is -0.944. The van der Waals surface area contributed by atoms with Crippen LogP contribution in [-0.4, -0.2) is 52.3 Å². The molecule has 0 aliphatic heterocycles. The van der Waals surface area contributed by atoms with Crippen LogP contribution in [0.5, 0.6) is 0 Å². The molecule has 0 saturated carbocycles. The zero-order valence-electron chi connectivity index (χ0n) is 16.3. The van der Waals surface area contributed by atoms with Gasteiger partial charge in [0, 0.05) is 0 Å². The first-order valence-electron chi connectivity index (χ1n) is 8.16. The van der Waals surface area contributed by atoms with E-state index in [4.69, 9.17) is 8.85 Å². The summed E-state index contributed by atoms with van der Waals surface area (Å²) in [4.78, 5) is 0. The Hall–Kier alpha value is 0.274. The summed E-state index contributed by atoms with van der Waals surface area (Å²) in [5.41, 5.74) is 0. The van der Waals surface area contributed by atoms with E-state index in [-0.39, 0.29) is 23.3 Å². The summed E-state index contributed by atoms with van der Waals surface area (Å²) in [5.74, 6) is 0. The maximum Gasteiger partial charge on any atom is 0.192 e. The fourth-order valence-electron chi connectivity index (χ4n) is 1.57. The molecule has 0 rings (SSSR count). The van der Waals surface area contributed by atoms with E-state index in [1.807, 2.05) is 0 Å². The maximum absolute atomic E-state index is 9.78. The third kappa shape index (κ3) is 5.72. The normalized spacial score (nSPS) is 17.5. The summed E-state index contributed by atoms with van der Waals surface area (Å²) >= 11 is 0. The molecule has 0 heterocycles. The molecular weight excluding hydrogens is 312 g/mol. The van der Waals surface area contributed by atoms with Gasteiger partial charge in [0.15, 0.2) is 16.6 Å². The fraction of sp³-hybridized carbons (Fsp3) is 1.00. The van der Waals surface area contributed by atoms with Gasteiger partial charge in [0.1, 0.15) is 0 Å². The minimum atomic E-state index is -2.02. The van der Waals surface area contributed by atoms with Gasteiger partial charge in [0.05, 0.1) is 25.4 Å². The predicted molar refractivity (Wildman–Crippen MR) is 98.3 cm³/mol. The van der Waals surface area contributed by atoms with Crippen molar-refractivity contribution in [1.82, 2.24) is 0 Å². The minimum Gasteiger partial charge on any atom is -0.409 e. The monoisotopic (exact) mass is 350 g/mol. The van der Waals surface area contributed by atoms with Crippen LogP contribution >= 0.6 is 0 Å². The number of hydrogen-bond donors (Lipinski definition) is 2.